The SMILES string of the molecule is C.C#CC#CC#CC.C=CC(=O)N1CCCC[C@@H](n2c(NC(=O)c3ccnc(C)c3)nc3ccc(O[C@@H]4CCOC4)c(Cl)c32)C1.C=COC=O.CC(C)(C)OC(=O)N1CCCCC[C@@H](n2c(N)nc3ccc(O[C@@H]4CCOC4)c(Cl)c32)C1.Cc1cc(C(=O)Nc2nc3ccc(O[C@@H]4CCOC4)c(Cl)c3n2[C@@H]2CCCCN(C(=O)OC(C)(C)C)C2)ccn1. The number of aromatic nitrogens is 8. The third-order valence-electron chi connectivity index (χ3n) is 20.2. The molecule has 122 heavy (non-hydrogen) atoms. The second-order valence-corrected chi connectivity index (χ2v) is 32.7. The summed E-state index contributed by atoms with van der Waals surface area (Å²) in [5.41, 5.74) is 11.7. The molecule has 8 aromatic rings. The standard InChI is InChI=1S/C29H36ClN5O5.C27H30ClN5O4.C23H33ClN4O4.C7H4.C3H4O2.CH4/c1-18-15-19(10-12-31-18)26(36)33-27-32-22-8-9-23(39-21-11-14-38-17-21)24(30)25(22)35(27)20-7-5-6-13-34(16-20)28(37)40-29(2,3)4;1-3-23(34)32-12-5-4-6-19(15-32)33-25-21(7-8-22(24(25)28)37-20-10-13-36-16-20)30-27(33)31-26(35)18-9-11-29-17(2)14-18;1-23(2,3)32-22(29)27-11-6-4-5-7-15(13-27)28-20-17(26-21(28)25)8-9-18(19(20)24)31-16-10-12-30-14-16;1-3-5-7-6-4-2;1-2-5-3-4;/h8-10,12,15,20-21H,5-7,11,13-14,16-17H2,1-4H3,(H,32,33,36);3,7-9,11,14,19-20H,1,4-6,10,12-13,15-16H2,2H3,(H,30,31,35);8-9,15-16H,4-7,10-14H2,1-3H3,(H2,25,26);1H,2H3;2-3H,1H2;1H4/t20-,21-;19-,20-;15-,16-;;;/m111.../s1. The molecule has 14 rings (SSSR count). The van der Waals surface area contributed by atoms with E-state index < -0.39 is 11.2 Å². The monoisotopic (exact) mass is 1730 g/mol. The fourth-order valence-corrected chi connectivity index (χ4v) is 15.5. The summed E-state index contributed by atoms with van der Waals surface area (Å²) in [7, 11) is 0. The Bertz CT molecular complexity index is 5160. The van der Waals surface area contributed by atoms with Crippen molar-refractivity contribution in [3.63, 3.8) is 0 Å². The molecule has 0 saturated carbocycles. The summed E-state index contributed by atoms with van der Waals surface area (Å²) in [6.07, 6.45) is 20.9. The van der Waals surface area contributed by atoms with Gasteiger partial charge in [-0.1, -0.05) is 74.1 Å². The third kappa shape index (κ3) is 26.0. The summed E-state index contributed by atoms with van der Waals surface area (Å²) in [5.74, 6) is 14.1. The minimum atomic E-state index is -0.609. The van der Waals surface area contributed by atoms with Gasteiger partial charge in [0.1, 0.15) is 61.8 Å². The Labute approximate surface area is 728 Å². The van der Waals surface area contributed by atoms with E-state index >= 15 is 0 Å². The van der Waals surface area contributed by atoms with Gasteiger partial charge in [-0.3, -0.25) is 39.8 Å². The van der Waals surface area contributed by atoms with Gasteiger partial charge in [0, 0.05) is 93.4 Å². The van der Waals surface area contributed by atoms with E-state index in [9.17, 15) is 24.0 Å². The summed E-state index contributed by atoms with van der Waals surface area (Å²) in [6, 6.07) is 17.4. The minimum absolute atomic E-state index is 0. The lowest BCUT2D eigenvalue weighted by Crippen LogP contribution is -2.41. The molecule has 6 atom stereocenters. The first-order chi connectivity index (χ1) is 58.1. The number of ether oxygens (including phenoxy) is 9. The molecule has 32 heteroatoms. The Morgan fingerprint density at radius 3 is 1.31 bits per heavy atom. The zero-order valence-corrected chi connectivity index (χ0v) is 72.3. The van der Waals surface area contributed by atoms with E-state index in [-0.39, 0.29) is 73.8 Å². The summed E-state index contributed by atoms with van der Waals surface area (Å²) < 4.78 is 55.9. The number of nitrogens with zero attached hydrogens (tertiary/aromatic N) is 11. The number of likely N-dealkylation sites (tertiary alicyclic amines) is 3. The zero-order valence-electron chi connectivity index (χ0n) is 70.0. The van der Waals surface area contributed by atoms with Crippen molar-refractivity contribution in [3.05, 3.63) is 136 Å². The zero-order chi connectivity index (χ0) is 86.9. The maximum absolute atomic E-state index is 13.3. The van der Waals surface area contributed by atoms with Crippen LogP contribution in [-0.4, -0.2) is 198 Å². The highest BCUT2D eigenvalue weighted by molar-refractivity contribution is 6.37. The van der Waals surface area contributed by atoms with E-state index in [1.807, 2.05) is 93.4 Å². The second kappa shape index (κ2) is 45.2. The van der Waals surface area contributed by atoms with Crippen LogP contribution < -0.4 is 30.6 Å². The molecule has 11 heterocycles. The van der Waals surface area contributed by atoms with Gasteiger partial charge in [-0.05, 0) is 204 Å². The van der Waals surface area contributed by atoms with Crippen LogP contribution in [-0.2, 0) is 38.0 Å². The Hall–Kier alpha value is -11.1. The lowest BCUT2D eigenvalue weighted by Gasteiger charge is -2.33. The van der Waals surface area contributed by atoms with Gasteiger partial charge in [0.25, 0.3) is 18.3 Å². The fraction of sp³-hybridized carbons (Fsp3) is 0.478. The topological polar surface area (TPSA) is 325 Å². The van der Waals surface area contributed by atoms with Crippen LogP contribution in [0.1, 0.15) is 190 Å². The number of nitrogens with one attached hydrogen (secondary N) is 2. The van der Waals surface area contributed by atoms with Gasteiger partial charge in [0.05, 0.1) is 97.1 Å². The van der Waals surface area contributed by atoms with Crippen molar-refractivity contribution >= 4 is 122 Å². The van der Waals surface area contributed by atoms with Crippen LogP contribution in [0.5, 0.6) is 17.2 Å². The first kappa shape index (κ1) is 94.7. The van der Waals surface area contributed by atoms with Crippen molar-refractivity contribution in [2.75, 3.05) is 95.3 Å². The van der Waals surface area contributed by atoms with Gasteiger partial charge in [0.2, 0.25) is 23.8 Å². The number of anilines is 3. The number of fused-ring (bicyclic) bond motifs is 3. The maximum atomic E-state index is 13.3. The third-order valence-corrected chi connectivity index (χ3v) is 21.2. The molecule has 0 unspecified atom stereocenters. The normalized spacial score (nSPS) is 18.9. The van der Waals surface area contributed by atoms with Gasteiger partial charge < -0.3 is 76.8 Å². The molecule has 6 aliphatic rings. The highest BCUT2D eigenvalue weighted by Gasteiger charge is 2.36. The number of nitrogen functional groups attached to an aromatic ring is 1. The van der Waals surface area contributed by atoms with Crippen LogP contribution in [0, 0.1) is 49.9 Å². The number of pyridine rings is 2. The van der Waals surface area contributed by atoms with Gasteiger partial charge in [-0.15, -0.1) is 6.42 Å². The van der Waals surface area contributed by atoms with Crippen molar-refractivity contribution < 1.29 is 71.4 Å². The quantitative estimate of drug-likeness (QED) is 0.0266. The molecule has 0 spiro atoms. The molecule has 4 N–H and O–H groups in total. The van der Waals surface area contributed by atoms with Crippen molar-refractivity contribution in [1.82, 2.24) is 53.3 Å². The number of aryl methyl sites for hydroxylation is 2. The molecule has 6 aliphatic heterocycles. The number of carbonyl (C=O) groups excluding carboxylic acids is 6. The minimum Gasteiger partial charge on any atom is -0.486 e. The average Bonchev–Trinajstić information content (AvgIpc) is 1.62. The van der Waals surface area contributed by atoms with Gasteiger partial charge in [-0.2, -0.15) is 0 Å². The van der Waals surface area contributed by atoms with E-state index in [0.717, 1.165) is 107 Å². The van der Waals surface area contributed by atoms with Gasteiger partial charge in [0.15, 0.2) is 0 Å². The summed E-state index contributed by atoms with van der Waals surface area (Å²) in [6.45, 7) is 30.4. The predicted molar refractivity (Wildman–Crippen MR) is 472 cm³/mol. The van der Waals surface area contributed by atoms with Crippen LogP contribution in [0.15, 0.2) is 98.6 Å². The van der Waals surface area contributed by atoms with E-state index in [4.69, 9.17) is 99.6 Å². The number of terminal acetylenes is 1. The Balaban J connectivity index is 0.000000194. The van der Waals surface area contributed by atoms with Crippen LogP contribution >= 0.6 is 34.8 Å². The number of imidazole rings is 3. The molecule has 5 amide bonds. The Morgan fingerprint density at radius 1 is 0.549 bits per heavy atom. The summed E-state index contributed by atoms with van der Waals surface area (Å²) in [4.78, 5) is 102. The Kier molecular flexibility index (Phi) is 35.1. The summed E-state index contributed by atoms with van der Waals surface area (Å²) >= 11 is 20.8. The average molecular weight is 1740 g/mol. The van der Waals surface area contributed by atoms with Crippen LogP contribution in [0.25, 0.3) is 33.1 Å². The van der Waals surface area contributed by atoms with Crippen molar-refractivity contribution in [3.8, 4) is 53.3 Å². The highest BCUT2D eigenvalue weighted by Crippen LogP contribution is 2.43. The molecule has 29 nitrogen and oxygen atoms in total. The largest absolute Gasteiger partial charge is 0.486 e. The molecule has 6 saturated heterocycles. The number of rotatable bonds is 16. The van der Waals surface area contributed by atoms with E-state index in [2.05, 4.69) is 73.1 Å². The molecule has 0 aliphatic carbocycles. The van der Waals surface area contributed by atoms with Gasteiger partial charge in [-0.25, -0.2) is 24.5 Å². The lowest BCUT2D eigenvalue weighted by atomic mass is 10.0. The van der Waals surface area contributed by atoms with E-state index in [0.29, 0.717) is 174 Å². The van der Waals surface area contributed by atoms with Crippen LogP contribution in [0.2, 0.25) is 15.1 Å². The maximum Gasteiger partial charge on any atom is 0.410 e. The first-order valence-corrected chi connectivity index (χ1v) is 41.7. The second-order valence-electron chi connectivity index (χ2n) is 31.6. The Morgan fingerprint density at radius 2 is 0.943 bits per heavy atom. The van der Waals surface area contributed by atoms with E-state index in [1.165, 1.54) is 6.08 Å². The van der Waals surface area contributed by atoms with Gasteiger partial charge >= 0.3 is 12.2 Å². The van der Waals surface area contributed by atoms with Crippen LogP contribution in [0.3, 0.4) is 0 Å². The number of nitrogens with two attached hydrogens (primary N) is 1. The van der Waals surface area contributed by atoms with Crippen LogP contribution in [0.4, 0.5) is 27.4 Å². The lowest BCUT2D eigenvalue weighted by molar-refractivity contribution is -0.126. The van der Waals surface area contributed by atoms with Crippen molar-refractivity contribution in [2.45, 2.75) is 201 Å². The number of carbonyl (C=O) groups is 6. The smallest absolute Gasteiger partial charge is 0.410 e. The molecule has 0 radical (unpaired) electrons. The number of hydrogen-bond acceptors (Lipinski definition) is 21. The number of benzene rings is 3. The molecule has 3 aromatic carbocycles. The molecular weight excluding hydrogens is 1620 g/mol. The molecule has 652 valence electrons. The van der Waals surface area contributed by atoms with E-state index in [1.54, 1.807) is 70.4 Å². The van der Waals surface area contributed by atoms with Crippen molar-refractivity contribution in [1.29, 1.82) is 0 Å². The fourth-order valence-electron chi connectivity index (χ4n) is 14.7. The molecule has 5 aromatic heterocycles. The number of amides is 5. The predicted octanol–water partition coefficient (Wildman–Crippen LogP) is 16.7. The van der Waals surface area contributed by atoms with Crippen molar-refractivity contribution in [2.24, 2.45) is 0 Å². The molecular formula is C90H111Cl3N14O15. The first-order valence-electron chi connectivity index (χ1n) is 40.6. The molecule has 6 fully saturated rings. The number of halogens is 3. The summed E-state index contributed by atoms with van der Waals surface area (Å²) in [5, 5.41) is 7.29. The number of hydrogen-bond donors (Lipinski definition) is 3. The highest BCUT2D eigenvalue weighted by atomic mass is 35.5. The molecule has 0 bridgehead atoms.